The first-order valence-electron chi connectivity index (χ1n) is 22.7. The Bertz CT molecular complexity index is 3550. The number of hydrogen-bond donors (Lipinski definition) is 0. The van der Waals surface area contributed by atoms with Crippen LogP contribution in [-0.4, -0.2) is 4.57 Å². The number of fused-ring (bicyclic) bond motifs is 4. The molecule has 310 valence electrons. The number of rotatable bonds is 9. The normalized spacial score (nSPS) is 11.3. The Morgan fingerprint density at radius 3 is 1.32 bits per heavy atom. The Morgan fingerprint density at radius 1 is 0.273 bits per heavy atom. The number of hydrogen-bond acceptors (Lipinski definition) is 1. The maximum Gasteiger partial charge on any atom is 0.0620 e. The zero-order chi connectivity index (χ0) is 43.8. The minimum absolute atomic E-state index is 1.10. The van der Waals surface area contributed by atoms with Gasteiger partial charge in [-0.1, -0.05) is 212 Å². The van der Waals surface area contributed by atoms with Gasteiger partial charge >= 0.3 is 0 Å². The van der Waals surface area contributed by atoms with Crippen molar-refractivity contribution < 1.29 is 0 Å². The highest BCUT2D eigenvalue weighted by Crippen LogP contribution is 2.47. The van der Waals surface area contributed by atoms with Crippen molar-refractivity contribution in [3.8, 4) is 61.5 Å². The molecule has 0 aliphatic rings. The van der Waals surface area contributed by atoms with Gasteiger partial charge in [0.05, 0.1) is 11.2 Å². The standard InChI is InChI=1S/C64H44N2/c1-6-17-45(18-7-1)47-31-36-55(37-32-47)65(56-38-33-48(34-39-56)46-19-8-2-9-20-46)57-40-35-51-43-53(30-29-52(51)44-57)58-27-16-28-60-59(58)41-42-61-62(49-21-10-3-11-22-49)63(50-23-12-4-13-24-50)66(64(60)61)54-25-14-5-15-26-54/h1-44H. The number of aromatic nitrogens is 1. The summed E-state index contributed by atoms with van der Waals surface area (Å²) in [7, 11) is 0. The molecule has 0 bridgehead atoms. The van der Waals surface area contributed by atoms with Gasteiger partial charge in [0.25, 0.3) is 0 Å². The van der Waals surface area contributed by atoms with Crippen LogP contribution in [0.15, 0.2) is 267 Å². The zero-order valence-electron chi connectivity index (χ0n) is 36.3. The molecule has 66 heavy (non-hydrogen) atoms. The molecule has 0 unspecified atom stereocenters. The van der Waals surface area contributed by atoms with Crippen molar-refractivity contribution >= 4 is 49.5 Å². The van der Waals surface area contributed by atoms with Crippen molar-refractivity contribution in [3.63, 3.8) is 0 Å². The lowest BCUT2D eigenvalue weighted by Crippen LogP contribution is -2.09. The molecular weight excluding hydrogens is 797 g/mol. The van der Waals surface area contributed by atoms with E-state index in [0.29, 0.717) is 0 Å². The minimum Gasteiger partial charge on any atom is -0.310 e. The molecule has 0 fully saturated rings. The molecule has 2 heteroatoms. The SMILES string of the molecule is c1ccc(-c2ccc(N(c3ccc(-c4ccccc4)cc3)c3ccc4cc(-c5cccc6c5ccc5c(-c7ccccc7)c(-c7ccccc7)n(-c7ccccc7)c56)ccc4c3)cc2)cc1. The summed E-state index contributed by atoms with van der Waals surface area (Å²) in [6.45, 7) is 0. The van der Waals surface area contributed by atoms with E-state index in [1.807, 2.05) is 0 Å². The second kappa shape index (κ2) is 16.8. The Kier molecular flexibility index (Phi) is 9.89. The van der Waals surface area contributed by atoms with Crippen LogP contribution in [0.5, 0.6) is 0 Å². The van der Waals surface area contributed by atoms with Crippen molar-refractivity contribution in [1.29, 1.82) is 0 Å². The molecule has 0 atom stereocenters. The summed E-state index contributed by atoms with van der Waals surface area (Å²) in [5.74, 6) is 0. The van der Waals surface area contributed by atoms with Gasteiger partial charge in [0.2, 0.25) is 0 Å². The second-order valence-corrected chi connectivity index (χ2v) is 16.9. The summed E-state index contributed by atoms with van der Waals surface area (Å²) in [6.07, 6.45) is 0. The third-order valence-corrected chi connectivity index (χ3v) is 13.0. The largest absolute Gasteiger partial charge is 0.310 e. The van der Waals surface area contributed by atoms with Crippen LogP contribution in [0.25, 0.3) is 93.9 Å². The van der Waals surface area contributed by atoms with Crippen molar-refractivity contribution in [2.75, 3.05) is 4.90 Å². The molecule has 1 heterocycles. The third-order valence-electron chi connectivity index (χ3n) is 13.0. The van der Waals surface area contributed by atoms with Gasteiger partial charge < -0.3 is 9.47 Å². The zero-order valence-corrected chi connectivity index (χ0v) is 36.3. The van der Waals surface area contributed by atoms with Crippen LogP contribution in [0, 0.1) is 0 Å². The lowest BCUT2D eigenvalue weighted by molar-refractivity contribution is 1.14. The molecule has 12 rings (SSSR count). The predicted octanol–water partition coefficient (Wildman–Crippen LogP) is 17.7. The lowest BCUT2D eigenvalue weighted by atomic mass is 9.93. The van der Waals surface area contributed by atoms with E-state index in [1.54, 1.807) is 0 Å². The van der Waals surface area contributed by atoms with Gasteiger partial charge in [0.15, 0.2) is 0 Å². The third kappa shape index (κ3) is 7.02. The van der Waals surface area contributed by atoms with Crippen molar-refractivity contribution in [2.45, 2.75) is 0 Å². The average molecular weight is 841 g/mol. The van der Waals surface area contributed by atoms with Crippen molar-refractivity contribution in [1.82, 2.24) is 4.57 Å². The van der Waals surface area contributed by atoms with Gasteiger partial charge in [-0.2, -0.15) is 0 Å². The summed E-state index contributed by atoms with van der Waals surface area (Å²) in [5.41, 5.74) is 17.7. The summed E-state index contributed by atoms with van der Waals surface area (Å²) in [5, 5.41) is 6.05. The molecule has 12 aromatic rings. The Balaban J connectivity index is 0.983. The van der Waals surface area contributed by atoms with Gasteiger partial charge in [0, 0.05) is 39.1 Å². The molecule has 0 N–H and O–H groups in total. The number of nitrogens with zero attached hydrogens (tertiary/aromatic N) is 2. The van der Waals surface area contributed by atoms with Crippen molar-refractivity contribution in [2.24, 2.45) is 0 Å². The maximum atomic E-state index is 2.48. The van der Waals surface area contributed by atoms with Crippen LogP contribution in [0.2, 0.25) is 0 Å². The fraction of sp³-hybridized carbons (Fsp3) is 0. The molecule has 11 aromatic carbocycles. The Morgan fingerprint density at radius 2 is 0.727 bits per heavy atom. The fourth-order valence-corrected chi connectivity index (χ4v) is 9.84. The fourth-order valence-electron chi connectivity index (χ4n) is 9.84. The summed E-state index contributed by atoms with van der Waals surface area (Å²) < 4.78 is 2.48. The van der Waals surface area contributed by atoms with Crippen LogP contribution < -0.4 is 4.90 Å². The average Bonchev–Trinajstić information content (AvgIpc) is 3.76. The highest BCUT2D eigenvalue weighted by Gasteiger charge is 2.24. The van der Waals surface area contributed by atoms with Crippen molar-refractivity contribution in [3.05, 3.63) is 267 Å². The monoisotopic (exact) mass is 840 g/mol. The minimum atomic E-state index is 1.10. The molecular formula is C64H44N2. The molecule has 0 saturated heterocycles. The van der Waals surface area contributed by atoms with Gasteiger partial charge in [-0.3, -0.25) is 0 Å². The molecule has 2 nitrogen and oxygen atoms in total. The first kappa shape index (κ1) is 38.9. The highest BCUT2D eigenvalue weighted by atomic mass is 15.1. The molecule has 1 aromatic heterocycles. The first-order valence-corrected chi connectivity index (χ1v) is 22.7. The van der Waals surface area contributed by atoms with E-state index in [1.165, 1.54) is 88.2 Å². The van der Waals surface area contributed by atoms with E-state index in [2.05, 4.69) is 276 Å². The van der Waals surface area contributed by atoms with Gasteiger partial charge in [0.1, 0.15) is 0 Å². The van der Waals surface area contributed by atoms with Crippen LogP contribution >= 0.6 is 0 Å². The van der Waals surface area contributed by atoms with Gasteiger partial charge in [-0.05, 0) is 115 Å². The maximum absolute atomic E-state index is 2.48. The number of anilines is 3. The van der Waals surface area contributed by atoms with E-state index < -0.39 is 0 Å². The lowest BCUT2D eigenvalue weighted by Gasteiger charge is -2.26. The molecule has 0 aliphatic heterocycles. The van der Waals surface area contributed by atoms with E-state index in [-0.39, 0.29) is 0 Å². The van der Waals surface area contributed by atoms with Gasteiger partial charge in [-0.15, -0.1) is 0 Å². The number of benzene rings is 11. The van der Waals surface area contributed by atoms with Crippen LogP contribution in [0.4, 0.5) is 17.1 Å². The topological polar surface area (TPSA) is 8.17 Å². The Hall–Kier alpha value is -8.72. The highest BCUT2D eigenvalue weighted by molar-refractivity contribution is 6.18. The van der Waals surface area contributed by atoms with E-state index in [0.717, 1.165) is 22.7 Å². The molecule has 0 amide bonds. The smallest absolute Gasteiger partial charge is 0.0620 e. The van der Waals surface area contributed by atoms with E-state index in [9.17, 15) is 0 Å². The van der Waals surface area contributed by atoms with Crippen LogP contribution in [0.3, 0.4) is 0 Å². The Labute approximate surface area is 385 Å². The second-order valence-electron chi connectivity index (χ2n) is 16.9. The van der Waals surface area contributed by atoms with Crippen LogP contribution in [0.1, 0.15) is 0 Å². The molecule has 0 saturated carbocycles. The molecule has 0 spiro atoms. The quantitative estimate of drug-likeness (QED) is 0.141. The van der Waals surface area contributed by atoms with Crippen LogP contribution in [-0.2, 0) is 0 Å². The van der Waals surface area contributed by atoms with Gasteiger partial charge in [-0.25, -0.2) is 0 Å². The number of para-hydroxylation sites is 1. The first-order chi connectivity index (χ1) is 32.7. The predicted molar refractivity (Wildman–Crippen MR) is 280 cm³/mol. The van der Waals surface area contributed by atoms with E-state index >= 15 is 0 Å². The summed E-state index contributed by atoms with van der Waals surface area (Å²) in [4.78, 5) is 2.36. The summed E-state index contributed by atoms with van der Waals surface area (Å²) in [6, 6.07) is 96.8. The van der Waals surface area contributed by atoms with E-state index in [4.69, 9.17) is 0 Å². The molecule has 0 radical (unpaired) electrons. The molecule has 0 aliphatic carbocycles. The summed E-state index contributed by atoms with van der Waals surface area (Å²) >= 11 is 0.